The van der Waals surface area contributed by atoms with Crippen LogP contribution in [-0.4, -0.2) is 34.8 Å². The van der Waals surface area contributed by atoms with Crippen LogP contribution in [0.1, 0.15) is 32.6 Å². The molecule has 14 heavy (non-hydrogen) atoms. The molecule has 4 heteroatoms. The molecule has 1 aliphatic rings. The van der Waals surface area contributed by atoms with Gasteiger partial charge in [0.15, 0.2) is 0 Å². The molecule has 82 valence electrons. The summed E-state index contributed by atoms with van der Waals surface area (Å²) in [5.41, 5.74) is 0. The summed E-state index contributed by atoms with van der Waals surface area (Å²) < 4.78 is 5.16. The number of carbonyl (C=O) groups is 1. The van der Waals surface area contributed by atoms with E-state index in [9.17, 15) is 9.90 Å². The van der Waals surface area contributed by atoms with E-state index >= 15 is 0 Å². The third-order valence-electron chi connectivity index (χ3n) is 2.27. The van der Waals surface area contributed by atoms with Gasteiger partial charge in [0.2, 0.25) is 0 Å². The molecule has 2 atom stereocenters. The van der Waals surface area contributed by atoms with Crippen LogP contribution in [0.5, 0.6) is 0 Å². The van der Waals surface area contributed by atoms with Crippen LogP contribution in [0.2, 0.25) is 0 Å². The number of unbranched alkanes of at least 4 members (excludes halogenated alkanes) is 2. The van der Waals surface area contributed by atoms with Crippen LogP contribution < -0.4 is 0 Å². The van der Waals surface area contributed by atoms with Gasteiger partial charge in [0, 0.05) is 17.9 Å². The third-order valence-corrected chi connectivity index (χ3v) is 3.41. The molecule has 0 aromatic rings. The predicted molar refractivity (Wildman–Crippen MR) is 57.4 cm³/mol. The highest BCUT2D eigenvalue weighted by molar-refractivity contribution is 7.99. The largest absolute Gasteiger partial charge is 0.459 e. The number of aliphatic hydroxyl groups is 1. The Balaban J connectivity index is 2.13. The second kappa shape index (κ2) is 6.30. The van der Waals surface area contributed by atoms with Crippen LogP contribution in [0, 0.1) is 0 Å². The molecular weight excluding hydrogens is 200 g/mol. The average molecular weight is 218 g/mol. The molecular formula is C10H18O3S. The van der Waals surface area contributed by atoms with Gasteiger partial charge in [-0.2, -0.15) is 11.8 Å². The van der Waals surface area contributed by atoms with Gasteiger partial charge in [0.05, 0.1) is 0 Å². The number of aliphatic hydroxyl groups excluding tert-OH is 1. The third kappa shape index (κ3) is 3.88. The Kier molecular flexibility index (Phi) is 5.33. The zero-order valence-corrected chi connectivity index (χ0v) is 9.39. The van der Waals surface area contributed by atoms with Crippen LogP contribution >= 0.6 is 11.8 Å². The van der Waals surface area contributed by atoms with Gasteiger partial charge in [-0.25, -0.2) is 0 Å². The summed E-state index contributed by atoms with van der Waals surface area (Å²) >= 11 is 1.63. The molecule has 0 aromatic carbocycles. The topological polar surface area (TPSA) is 46.5 Å². The van der Waals surface area contributed by atoms with Crippen LogP contribution in [-0.2, 0) is 9.53 Å². The monoisotopic (exact) mass is 218 g/mol. The van der Waals surface area contributed by atoms with Gasteiger partial charge in [-0.3, -0.25) is 4.79 Å². The molecule has 1 heterocycles. The van der Waals surface area contributed by atoms with E-state index in [2.05, 4.69) is 6.92 Å². The molecule has 0 aromatic heterocycles. The molecule has 0 aliphatic carbocycles. The van der Waals surface area contributed by atoms with Crippen LogP contribution in [0.15, 0.2) is 0 Å². The van der Waals surface area contributed by atoms with Crippen LogP contribution in [0.3, 0.4) is 0 Å². The van der Waals surface area contributed by atoms with Crippen molar-refractivity contribution in [2.75, 3.05) is 11.5 Å². The van der Waals surface area contributed by atoms with Crippen molar-refractivity contribution >= 4 is 17.7 Å². The van der Waals surface area contributed by atoms with E-state index in [4.69, 9.17) is 4.74 Å². The fourth-order valence-electron chi connectivity index (χ4n) is 1.38. The summed E-state index contributed by atoms with van der Waals surface area (Å²) in [4.78, 5) is 11.3. The summed E-state index contributed by atoms with van der Waals surface area (Å²) in [6.45, 7) is 2.10. The molecule has 1 N–H and O–H groups in total. The quantitative estimate of drug-likeness (QED) is 0.562. The maximum Gasteiger partial charge on any atom is 0.306 e. The highest BCUT2D eigenvalue weighted by Gasteiger charge is 2.28. The average Bonchev–Trinajstić information content (AvgIpc) is 2.52. The Morgan fingerprint density at radius 2 is 2.29 bits per heavy atom. The van der Waals surface area contributed by atoms with Crippen molar-refractivity contribution in [3.8, 4) is 0 Å². The van der Waals surface area contributed by atoms with Gasteiger partial charge in [-0.05, 0) is 6.42 Å². The molecule has 0 amide bonds. The zero-order valence-electron chi connectivity index (χ0n) is 8.57. The van der Waals surface area contributed by atoms with E-state index < -0.39 is 6.10 Å². The lowest BCUT2D eigenvalue weighted by atomic mass is 10.2. The van der Waals surface area contributed by atoms with Crippen molar-refractivity contribution in [1.29, 1.82) is 0 Å². The first-order valence-corrected chi connectivity index (χ1v) is 6.34. The summed E-state index contributed by atoms with van der Waals surface area (Å²) in [5.74, 6) is 1.26. The normalized spacial score (nSPS) is 26.4. The Hall–Kier alpha value is -0.220. The van der Waals surface area contributed by atoms with E-state index in [-0.39, 0.29) is 12.1 Å². The van der Waals surface area contributed by atoms with E-state index in [0.29, 0.717) is 12.2 Å². The minimum Gasteiger partial charge on any atom is -0.459 e. The van der Waals surface area contributed by atoms with E-state index in [1.54, 1.807) is 11.8 Å². The van der Waals surface area contributed by atoms with E-state index in [1.165, 1.54) is 0 Å². The lowest BCUT2D eigenvalue weighted by molar-refractivity contribution is -0.152. The Morgan fingerprint density at radius 1 is 1.50 bits per heavy atom. The van der Waals surface area contributed by atoms with Gasteiger partial charge < -0.3 is 9.84 Å². The van der Waals surface area contributed by atoms with Gasteiger partial charge >= 0.3 is 5.97 Å². The second-order valence-corrected chi connectivity index (χ2v) is 4.67. The van der Waals surface area contributed by atoms with Gasteiger partial charge in [0.25, 0.3) is 0 Å². The molecule has 0 radical (unpaired) electrons. The molecule has 1 rings (SSSR count). The summed E-state index contributed by atoms with van der Waals surface area (Å²) in [7, 11) is 0. The molecule has 1 saturated heterocycles. The predicted octanol–water partition coefficient (Wildman–Crippen LogP) is 1.59. The first-order valence-electron chi connectivity index (χ1n) is 5.19. The Labute approximate surface area is 89.2 Å². The zero-order chi connectivity index (χ0) is 10.4. The minimum absolute atomic E-state index is 0.162. The van der Waals surface area contributed by atoms with Crippen LogP contribution in [0.25, 0.3) is 0 Å². The molecule has 1 aliphatic heterocycles. The van der Waals surface area contributed by atoms with Gasteiger partial charge in [-0.1, -0.05) is 19.8 Å². The molecule has 0 saturated carbocycles. The highest BCUT2D eigenvalue weighted by atomic mass is 32.2. The second-order valence-electron chi connectivity index (χ2n) is 3.59. The number of rotatable bonds is 5. The number of carbonyl (C=O) groups excluding carboxylic acids is 1. The van der Waals surface area contributed by atoms with E-state index in [1.807, 2.05) is 0 Å². The van der Waals surface area contributed by atoms with E-state index in [0.717, 1.165) is 25.0 Å². The summed E-state index contributed by atoms with van der Waals surface area (Å²) in [6.07, 6.45) is 2.82. The highest BCUT2D eigenvalue weighted by Crippen LogP contribution is 2.21. The van der Waals surface area contributed by atoms with Crippen molar-refractivity contribution in [3.05, 3.63) is 0 Å². The van der Waals surface area contributed by atoms with Gasteiger partial charge in [0.1, 0.15) is 12.2 Å². The standard InChI is InChI=1S/C10H18O3S/c1-2-3-4-5-10(12)13-9-7-14-6-8(9)11/h8-9,11H,2-7H2,1H3. The molecule has 2 unspecified atom stereocenters. The minimum atomic E-state index is -0.463. The van der Waals surface area contributed by atoms with Crippen LogP contribution in [0.4, 0.5) is 0 Å². The number of ether oxygens (including phenoxy) is 1. The summed E-state index contributed by atoms with van der Waals surface area (Å²) in [5, 5.41) is 9.41. The van der Waals surface area contributed by atoms with Crippen molar-refractivity contribution in [1.82, 2.24) is 0 Å². The Morgan fingerprint density at radius 3 is 2.86 bits per heavy atom. The van der Waals surface area contributed by atoms with Crippen molar-refractivity contribution in [2.45, 2.75) is 44.8 Å². The van der Waals surface area contributed by atoms with Crippen molar-refractivity contribution < 1.29 is 14.6 Å². The fourth-order valence-corrected chi connectivity index (χ4v) is 2.50. The number of hydrogen-bond acceptors (Lipinski definition) is 4. The first-order chi connectivity index (χ1) is 6.74. The molecule has 0 bridgehead atoms. The van der Waals surface area contributed by atoms with Gasteiger partial charge in [-0.15, -0.1) is 0 Å². The smallest absolute Gasteiger partial charge is 0.306 e. The number of hydrogen-bond donors (Lipinski definition) is 1. The Bertz CT molecular complexity index is 184. The number of esters is 1. The maximum absolute atomic E-state index is 11.3. The fraction of sp³-hybridized carbons (Fsp3) is 0.900. The maximum atomic E-state index is 11.3. The molecule has 3 nitrogen and oxygen atoms in total. The lowest BCUT2D eigenvalue weighted by Gasteiger charge is -2.14. The molecule has 0 spiro atoms. The first kappa shape index (κ1) is 11.9. The number of thioether (sulfide) groups is 1. The summed E-state index contributed by atoms with van der Waals surface area (Å²) in [6, 6.07) is 0. The SMILES string of the molecule is CCCCCC(=O)OC1CSCC1O. The molecule has 1 fully saturated rings. The van der Waals surface area contributed by atoms with Crippen molar-refractivity contribution in [2.24, 2.45) is 0 Å². The van der Waals surface area contributed by atoms with Crippen molar-refractivity contribution in [3.63, 3.8) is 0 Å². The lowest BCUT2D eigenvalue weighted by Crippen LogP contribution is -2.29.